The third-order valence-corrected chi connectivity index (χ3v) is 3.37. The lowest BCUT2D eigenvalue weighted by atomic mass is 10.1. The lowest BCUT2D eigenvalue weighted by Crippen LogP contribution is -2.39. The highest BCUT2D eigenvalue weighted by Crippen LogP contribution is 2.32. The average Bonchev–Trinajstić information content (AvgIpc) is 2.69. The summed E-state index contributed by atoms with van der Waals surface area (Å²) in [5, 5.41) is 5.08. The quantitative estimate of drug-likeness (QED) is 0.789. The number of hydrogen-bond donors (Lipinski definition) is 0. The summed E-state index contributed by atoms with van der Waals surface area (Å²) in [4.78, 5) is 16.4. The summed E-state index contributed by atoms with van der Waals surface area (Å²) in [7, 11) is 1.81. The highest BCUT2D eigenvalue weighted by molar-refractivity contribution is 5.99. The van der Waals surface area contributed by atoms with Crippen LogP contribution in [-0.2, 0) is 16.5 Å². The number of carbonyl (C=O) groups is 1. The molecule has 0 radical (unpaired) electrons. The molecule has 0 spiro atoms. The van der Waals surface area contributed by atoms with Crippen molar-refractivity contribution in [2.24, 2.45) is 7.05 Å². The number of ether oxygens (including phenoxy) is 3. The SMILES string of the molecule is CCOC(=O)c1cnc2c(c(C)nn2C)c1OC1COC1. The predicted molar refractivity (Wildman–Crippen MR) is 74.4 cm³/mol. The van der Waals surface area contributed by atoms with Gasteiger partial charge in [0.15, 0.2) is 5.65 Å². The van der Waals surface area contributed by atoms with Crippen LogP contribution in [0.2, 0.25) is 0 Å². The van der Waals surface area contributed by atoms with E-state index in [2.05, 4.69) is 10.1 Å². The molecule has 3 rings (SSSR count). The number of fused-ring (bicyclic) bond motifs is 1. The Balaban J connectivity index is 2.14. The number of aryl methyl sites for hydroxylation is 2. The molecule has 0 atom stereocenters. The van der Waals surface area contributed by atoms with Gasteiger partial charge >= 0.3 is 5.97 Å². The summed E-state index contributed by atoms with van der Waals surface area (Å²) >= 11 is 0. The number of carbonyl (C=O) groups excluding carboxylic acids is 1. The first-order valence-electron chi connectivity index (χ1n) is 6.85. The normalized spacial score (nSPS) is 15.0. The first kappa shape index (κ1) is 13.8. The van der Waals surface area contributed by atoms with E-state index in [0.717, 1.165) is 11.1 Å². The smallest absolute Gasteiger partial charge is 0.343 e. The van der Waals surface area contributed by atoms with E-state index in [1.807, 2.05) is 14.0 Å². The zero-order valence-corrected chi connectivity index (χ0v) is 12.3. The Hall–Kier alpha value is -2.15. The molecule has 0 unspecified atom stereocenters. The van der Waals surface area contributed by atoms with Crippen LogP contribution in [0.1, 0.15) is 23.0 Å². The Kier molecular flexibility index (Phi) is 3.50. The second-order valence-corrected chi connectivity index (χ2v) is 4.91. The van der Waals surface area contributed by atoms with Gasteiger partial charge in [0.1, 0.15) is 17.4 Å². The topological polar surface area (TPSA) is 75.5 Å². The van der Waals surface area contributed by atoms with E-state index in [1.54, 1.807) is 11.6 Å². The Morgan fingerprint density at radius 2 is 2.29 bits per heavy atom. The lowest BCUT2D eigenvalue weighted by Gasteiger charge is -2.27. The number of nitrogens with zero attached hydrogens (tertiary/aromatic N) is 3. The van der Waals surface area contributed by atoms with E-state index in [4.69, 9.17) is 14.2 Å². The molecular formula is C14H17N3O4. The van der Waals surface area contributed by atoms with Gasteiger partial charge in [-0.05, 0) is 13.8 Å². The van der Waals surface area contributed by atoms with Crippen molar-refractivity contribution in [1.82, 2.24) is 14.8 Å². The van der Waals surface area contributed by atoms with Gasteiger partial charge < -0.3 is 14.2 Å². The molecule has 1 saturated heterocycles. The van der Waals surface area contributed by atoms with Gasteiger partial charge in [-0.2, -0.15) is 5.10 Å². The molecule has 1 fully saturated rings. The number of rotatable bonds is 4. The van der Waals surface area contributed by atoms with Gasteiger partial charge in [-0.25, -0.2) is 9.78 Å². The van der Waals surface area contributed by atoms with Gasteiger partial charge in [0.25, 0.3) is 0 Å². The molecule has 3 heterocycles. The van der Waals surface area contributed by atoms with Crippen LogP contribution >= 0.6 is 0 Å². The van der Waals surface area contributed by atoms with Crippen LogP contribution in [0.15, 0.2) is 6.20 Å². The van der Waals surface area contributed by atoms with E-state index in [1.165, 1.54) is 6.20 Å². The Bertz CT molecular complexity index is 691. The third kappa shape index (κ3) is 2.33. The molecule has 2 aromatic heterocycles. The molecule has 1 aliphatic rings. The summed E-state index contributed by atoms with van der Waals surface area (Å²) in [6, 6.07) is 0. The maximum Gasteiger partial charge on any atom is 0.343 e. The van der Waals surface area contributed by atoms with Crippen molar-refractivity contribution in [2.45, 2.75) is 20.0 Å². The van der Waals surface area contributed by atoms with E-state index >= 15 is 0 Å². The summed E-state index contributed by atoms with van der Waals surface area (Å²) in [5.74, 6) is 0.0442. The van der Waals surface area contributed by atoms with Crippen LogP contribution in [0.5, 0.6) is 5.75 Å². The van der Waals surface area contributed by atoms with Gasteiger partial charge in [0.2, 0.25) is 0 Å². The summed E-state index contributed by atoms with van der Waals surface area (Å²) in [6.07, 6.45) is 1.43. The van der Waals surface area contributed by atoms with E-state index in [-0.39, 0.29) is 6.10 Å². The van der Waals surface area contributed by atoms with Crippen LogP contribution in [-0.4, -0.2) is 46.7 Å². The van der Waals surface area contributed by atoms with Crippen molar-refractivity contribution in [3.63, 3.8) is 0 Å². The maximum absolute atomic E-state index is 12.1. The Labute approximate surface area is 121 Å². The minimum absolute atomic E-state index is 0.0524. The maximum atomic E-state index is 12.1. The fourth-order valence-corrected chi connectivity index (χ4v) is 2.30. The first-order valence-corrected chi connectivity index (χ1v) is 6.85. The third-order valence-electron chi connectivity index (χ3n) is 3.37. The fraction of sp³-hybridized carbons (Fsp3) is 0.500. The summed E-state index contributed by atoms with van der Waals surface area (Å²) in [6.45, 7) is 4.97. The average molecular weight is 291 g/mol. The van der Waals surface area contributed by atoms with Crippen molar-refractivity contribution in [3.05, 3.63) is 17.5 Å². The minimum Gasteiger partial charge on any atom is -0.484 e. The fourth-order valence-electron chi connectivity index (χ4n) is 2.30. The second-order valence-electron chi connectivity index (χ2n) is 4.91. The van der Waals surface area contributed by atoms with Crippen molar-refractivity contribution < 1.29 is 19.0 Å². The Morgan fingerprint density at radius 3 is 2.90 bits per heavy atom. The van der Waals surface area contributed by atoms with Gasteiger partial charge in [0, 0.05) is 13.2 Å². The van der Waals surface area contributed by atoms with Gasteiger partial charge in [-0.15, -0.1) is 0 Å². The van der Waals surface area contributed by atoms with E-state index < -0.39 is 5.97 Å². The van der Waals surface area contributed by atoms with Crippen LogP contribution in [0, 0.1) is 6.92 Å². The van der Waals surface area contributed by atoms with Crippen LogP contribution in [0.25, 0.3) is 11.0 Å². The van der Waals surface area contributed by atoms with Crippen molar-refractivity contribution >= 4 is 17.0 Å². The molecule has 0 N–H and O–H groups in total. The number of pyridine rings is 1. The van der Waals surface area contributed by atoms with E-state index in [9.17, 15) is 4.79 Å². The zero-order valence-electron chi connectivity index (χ0n) is 12.3. The molecule has 0 aromatic carbocycles. The van der Waals surface area contributed by atoms with Gasteiger partial charge in [0.05, 0.1) is 30.9 Å². The highest BCUT2D eigenvalue weighted by atomic mass is 16.6. The molecular weight excluding hydrogens is 274 g/mol. The molecule has 0 aliphatic carbocycles. The van der Waals surface area contributed by atoms with Crippen LogP contribution in [0.3, 0.4) is 0 Å². The molecule has 0 amide bonds. The van der Waals surface area contributed by atoms with Crippen molar-refractivity contribution in [3.8, 4) is 5.75 Å². The monoisotopic (exact) mass is 291 g/mol. The standard InChI is InChI=1S/C14H17N3O4/c1-4-20-14(18)10-5-15-13-11(8(2)16-17(13)3)12(10)21-9-6-19-7-9/h5,9H,4,6-7H2,1-3H3. The van der Waals surface area contributed by atoms with E-state index in [0.29, 0.717) is 36.8 Å². The molecule has 2 aromatic rings. The largest absolute Gasteiger partial charge is 0.484 e. The molecule has 112 valence electrons. The predicted octanol–water partition coefficient (Wildman–Crippen LogP) is 1.23. The zero-order chi connectivity index (χ0) is 15.0. The van der Waals surface area contributed by atoms with Crippen LogP contribution < -0.4 is 4.74 Å². The molecule has 7 nitrogen and oxygen atoms in total. The number of aromatic nitrogens is 3. The number of esters is 1. The summed E-state index contributed by atoms with van der Waals surface area (Å²) in [5.41, 5.74) is 1.77. The molecule has 0 saturated carbocycles. The molecule has 7 heteroatoms. The van der Waals surface area contributed by atoms with Crippen molar-refractivity contribution in [2.75, 3.05) is 19.8 Å². The molecule has 21 heavy (non-hydrogen) atoms. The number of hydrogen-bond acceptors (Lipinski definition) is 6. The first-order chi connectivity index (χ1) is 10.1. The van der Waals surface area contributed by atoms with Gasteiger partial charge in [-0.1, -0.05) is 0 Å². The molecule has 1 aliphatic heterocycles. The lowest BCUT2D eigenvalue weighted by molar-refractivity contribution is -0.0794. The second kappa shape index (κ2) is 5.33. The van der Waals surface area contributed by atoms with Crippen LogP contribution in [0.4, 0.5) is 0 Å². The minimum atomic E-state index is -0.439. The Morgan fingerprint density at radius 1 is 1.52 bits per heavy atom. The highest BCUT2D eigenvalue weighted by Gasteiger charge is 2.27. The summed E-state index contributed by atoms with van der Waals surface area (Å²) < 4.78 is 17.8. The van der Waals surface area contributed by atoms with Crippen molar-refractivity contribution in [1.29, 1.82) is 0 Å². The van der Waals surface area contributed by atoms with Gasteiger partial charge in [-0.3, -0.25) is 4.68 Å². The molecule has 0 bridgehead atoms.